The lowest BCUT2D eigenvalue weighted by molar-refractivity contribution is -0.174. The normalized spacial score (nSPS) is 13.8. The number of aliphatic hydroxyl groups excluding tert-OH is 1. The fourth-order valence-electron chi connectivity index (χ4n) is 1.06. The van der Waals surface area contributed by atoms with Crippen LogP contribution >= 0.6 is 0 Å². The van der Waals surface area contributed by atoms with E-state index >= 15 is 0 Å². The Kier molecular flexibility index (Phi) is 7.45. The smallest absolute Gasteiger partial charge is 0.162 e. The summed E-state index contributed by atoms with van der Waals surface area (Å²) < 4.78 is 10.7. The zero-order valence-corrected chi connectivity index (χ0v) is 8.25. The van der Waals surface area contributed by atoms with Crippen LogP contribution < -0.4 is 0 Å². The summed E-state index contributed by atoms with van der Waals surface area (Å²) in [4.78, 5) is 0. The molecule has 0 saturated heterocycles. The van der Waals surface area contributed by atoms with E-state index < -0.39 is 0 Å². The molecule has 0 fully saturated rings. The molecule has 0 aliphatic heterocycles. The van der Waals surface area contributed by atoms with E-state index in [9.17, 15) is 0 Å². The van der Waals surface area contributed by atoms with Gasteiger partial charge in [0.05, 0.1) is 6.61 Å². The van der Waals surface area contributed by atoms with E-state index in [-0.39, 0.29) is 18.8 Å². The Morgan fingerprint density at radius 3 is 1.83 bits per heavy atom. The second-order valence-corrected chi connectivity index (χ2v) is 2.63. The lowest BCUT2D eigenvalue weighted by atomic mass is 10.1. The van der Waals surface area contributed by atoms with Crippen molar-refractivity contribution in [2.75, 3.05) is 19.8 Å². The van der Waals surface area contributed by atoms with Crippen LogP contribution in [0.5, 0.6) is 0 Å². The van der Waals surface area contributed by atoms with Gasteiger partial charge in [0.1, 0.15) is 0 Å². The molecule has 12 heavy (non-hydrogen) atoms. The van der Waals surface area contributed by atoms with Crippen molar-refractivity contribution in [3.8, 4) is 0 Å². The van der Waals surface area contributed by atoms with Crippen molar-refractivity contribution in [3.63, 3.8) is 0 Å². The maximum Gasteiger partial charge on any atom is 0.162 e. The van der Waals surface area contributed by atoms with E-state index in [1.807, 2.05) is 20.8 Å². The van der Waals surface area contributed by atoms with E-state index in [0.717, 1.165) is 6.42 Å². The Hall–Kier alpha value is -0.120. The van der Waals surface area contributed by atoms with Crippen molar-refractivity contribution in [3.05, 3.63) is 0 Å². The van der Waals surface area contributed by atoms with Gasteiger partial charge in [-0.3, -0.25) is 0 Å². The molecule has 0 aromatic heterocycles. The molecule has 0 amide bonds. The van der Waals surface area contributed by atoms with Gasteiger partial charge in [-0.1, -0.05) is 6.92 Å². The van der Waals surface area contributed by atoms with Crippen molar-refractivity contribution in [2.24, 2.45) is 5.92 Å². The van der Waals surface area contributed by atoms with E-state index in [1.54, 1.807) is 0 Å². The summed E-state index contributed by atoms with van der Waals surface area (Å²) in [5.41, 5.74) is 0. The lowest BCUT2D eigenvalue weighted by Gasteiger charge is -2.23. The van der Waals surface area contributed by atoms with Gasteiger partial charge in [0.2, 0.25) is 0 Å². The zero-order chi connectivity index (χ0) is 9.40. The lowest BCUT2D eigenvalue weighted by Crippen LogP contribution is -2.29. The third-order valence-electron chi connectivity index (χ3n) is 1.81. The molecule has 1 atom stereocenters. The van der Waals surface area contributed by atoms with Gasteiger partial charge in [0.15, 0.2) is 6.29 Å². The van der Waals surface area contributed by atoms with E-state index in [0.29, 0.717) is 13.2 Å². The first-order chi connectivity index (χ1) is 5.79. The van der Waals surface area contributed by atoms with Crippen LogP contribution in [-0.2, 0) is 9.47 Å². The average molecular weight is 176 g/mol. The van der Waals surface area contributed by atoms with E-state index in [4.69, 9.17) is 14.6 Å². The minimum absolute atomic E-state index is 0.102. The average Bonchev–Trinajstić information content (AvgIpc) is 2.07. The monoisotopic (exact) mass is 176 g/mol. The largest absolute Gasteiger partial charge is 0.396 e. The van der Waals surface area contributed by atoms with Crippen LogP contribution in [0.25, 0.3) is 0 Å². The van der Waals surface area contributed by atoms with Gasteiger partial charge < -0.3 is 14.6 Å². The maximum absolute atomic E-state index is 8.99. The van der Waals surface area contributed by atoms with Crippen molar-refractivity contribution in [2.45, 2.75) is 33.5 Å². The molecule has 1 N–H and O–H groups in total. The summed E-state index contributed by atoms with van der Waals surface area (Å²) >= 11 is 0. The Balaban J connectivity index is 3.86. The third kappa shape index (κ3) is 4.04. The number of hydrogen-bond acceptors (Lipinski definition) is 3. The van der Waals surface area contributed by atoms with Gasteiger partial charge in [-0.05, 0) is 20.3 Å². The van der Waals surface area contributed by atoms with Gasteiger partial charge in [-0.25, -0.2) is 0 Å². The number of ether oxygens (including phenoxy) is 2. The molecule has 0 bridgehead atoms. The van der Waals surface area contributed by atoms with Crippen LogP contribution in [-0.4, -0.2) is 31.2 Å². The first-order valence-electron chi connectivity index (χ1n) is 4.64. The van der Waals surface area contributed by atoms with Crippen LogP contribution in [0.3, 0.4) is 0 Å². The second-order valence-electron chi connectivity index (χ2n) is 2.63. The van der Waals surface area contributed by atoms with Crippen LogP contribution in [0.4, 0.5) is 0 Å². The number of aliphatic hydroxyl groups is 1. The SMILES string of the molecule is CCOC(OCC)C(CC)CO. The molecule has 0 saturated carbocycles. The molecule has 1 unspecified atom stereocenters. The topological polar surface area (TPSA) is 38.7 Å². The van der Waals surface area contributed by atoms with Crippen LogP contribution in [0.1, 0.15) is 27.2 Å². The van der Waals surface area contributed by atoms with Gasteiger partial charge in [0, 0.05) is 19.1 Å². The Morgan fingerprint density at radius 2 is 1.58 bits per heavy atom. The maximum atomic E-state index is 8.99. The van der Waals surface area contributed by atoms with Crippen molar-refractivity contribution in [1.29, 1.82) is 0 Å². The van der Waals surface area contributed by atoms with Crippen LogP contribution in [0.15, 0.2) is 0 Å². The van der Waals surface area contributed by atoms with Gasteiger partial charge in [-0.15, -0.1) is 0 Å². The molecule has 0 aromatic rings. The van der Waals surface area contributed by atoms with Crippen LogP contribution in [0, 0.1) is 5.92 Å². The van der Waals surface area contributed by atoms with Gasteiger partial charge >= 0.3 is 0 Å². The summed E-state index contributed by atoms with van der Waals surface area (Å²) in [5.74, 6) is 0.102. The Labute approximate surface area is 74.7 Å². The number of hydrogen-bond donors (Lipinski definition) is 1. The van der Waals surface area contributed by atoms with Crippen molar-refractivity contribution < 1.29 is 14.6 Å². The molecule has 3 heteroatoms. The molecular weight excluding hydrogens is 156 g/mol. The first kappa shape index (κ1) is 11.9. The van der Waals surface area contributed by atoms with Gasteiger partial charge in [-0.2, -0.15) is 0 Å². The fraction of sp³-hybridized carbons (Fsp3) is 1.00. The summed E-state index contributed by atoms with van der Waals surface area (Å²) in [6.45, 7) is 7.25. The molecular formula is C9H20O3. The minimum atomic E-state index is -0.241. The molecule has 0 radical (unpaired) electrons. The highest BCUT2D eigenvalue weighted by molar-refractivity contribution is 4.59. The van der Waals surface area contributed by atoms with E-state index in [1.165, 1.54) is 0 Å². The molecule has 0 aromatic carbocycles. The quantitative estimate of drug-likeness (QED) is 0.596. The highest BCUT2D eigenvalue weighted by Crippen LogP contribution is 2.12. The second kappa shape index (κ2) is 7.53. The Bertz CT molecular complexity index is 85.8. The van der Waals surface area contributed by atoms with Crippen molar-refractivity contribution >= 4 is 0 Å². The standard InChI is InChI=1S/C9H20O3/c1-4-8(7-10)9(11-5-2)12-6-3/h8-10H,4-7H2,1-3H3. The molecule has 0 aliphatic rings. The summed E-state index contributed by atoms with van der Waals surface area (Å²) in [5, 5.41) is 8.99. The summed E-state index contributed by atoms with van der Waals surface area (Å²) in [6, 6.07) is 0. The summed E-state index contributed by atoms with van der Waals surface area (Å²) in [6.07, 6.45) is 0.635. The zero-order valence-electron chi connectivity index (χ0n) is 8.25. The molecule has 74 valence electrons. The minimum Gasteiger partial charge on any atom is -0.396 e. The fourth-order valence-corrected chi connectivity index (χ4v) is 1.06. The number of rotatable bonds is 7. The summed E-state index contributed by atoms with van der Waals surface area (Å²) in [7, 11) is 0. The first-order valence-corrected chi connectivity index (χ1v) is 4.64. The highest BCUT2D eigenvalue weighted by atomic mass is 16.7. The predicted octanol–water partition coefficient (Wildman–Crippen LogP) is 1.40. The molecule has 0 heterocycles. The molecule has 3 nitrogen and oxygen atoms in total. The van der Waals surface area contributed by atoms with Crippen LogP contribution in [0.2, 0.25) is 0 Å². The Morgan fingerprint density at radius 1 is 1.08 bits per heavy atom. The van der Waals surface area contributed by atoms with E-state index in [2.05, 4.69) is 0 Å². The van der Waals surface area contributed by atoms with Gasteiger partial charge in [0.25, 0.3) is 0 Å². The highest BCUT2D eigenvalue weighted by Gasteiger charge is 2.19. The third-order valence-corrected chi connectivity index (χ3v) is 1.81. The predicted molar refractivity (Wildman–Crippen MR) is 47.9 cm³/mol. The molecule has 0 aliphatic carbocycles. The molecule has 0 rings (SSSR count). The molecule has 0 spiro atoms. The van der Waals surface area contributed by atoms with Crippen molar-refractivity contribution in [1.82, 2.24) is 0 Å².